The van der Waals surface area contributed by atoms with E-state index in [4.69, 9.17) is 11.6 Å². The summed E-state index contributed by atoms with van der Waals surface area (Å²) in [5.74, 6) is 0.0906. The molecule has 0 N–H and O–H groups in total. The maximum Gasteiger partial charge on any atom is 0.238 e. The number of para-hydroxylation sites is 1. The summed E-state index contributed by atoms with van der Waals surface area (Å²) in [7, 11) is 0. The Balaban J connectivity index is 1.61. The van der Waals surface area contributed by atoms with Gasteiger partial charge in [0.15, 0.2) is 0 Å². The Labute approximate surface area is 127 Å². The van der Waals surface area contributed by atoms with Crippen LogP contribution in [-0.2, 0) is 9.59 Å². The van der Waals surface area contributed by atoms with Gasteiger partial charge in [-0.1, -0.05) is 35.9 Å². The predicted molar refractivity (Wildman–Crippen MR) is 78.7 cm³/mol. The van der Waals surface area contributed by atoms with Gasteiger partial charge in [0.1, 0.15) is 0 Å². The SMILES string of the molecule is O=C1[C@@H]2[C@@H](C(=O)N1c1ccccc1Cl)[C@H]1C=C[C@H]2C12CC2. The van der Waals surface area contributed by atoms with Crippen molar-refractivity contribution in [3.05, 3.63) is 41.4 Å². The van der Waals surface area contributed by atoms with Crippen molar-refractivity contribution in [2.24, 2.45) is 29.1 Å². The van der Waals surface area contributed by atoms with Crippen molar-refractivity contribution in [1.29, 1.82) is 0 Å². The second-order valence-electron chi connectivity index (χ2n) is 6.68. The van der Waals surface area contributed by atoms with Gasteiger partial charge in [0.25, 0.3) is 0 Å². The second kappa shape index (κ2) is 3.58. The van der Waals surface area contributed by atoms with Crippen molar-refractivity contribution in [3.63, 3.8) is 0 Å². The highest BCUT2D eigenvalue weighted by Gasteiger charge is 2.73. The highest BCUT2D eigenvalue weighted by atomic mass is 35.5. The minimum absolute atomic E-state index is 0.0544. The van der Waals surface area contributed by atoms with E-state index in [1.165, 1.54) is 4.90 Å². The first kappa shape index (κ1) is 12.0. The molecule has 0 unspecified atom stereocenters. The lowest BCUT2D eigenvalue weighted by Gasteiger charge is -2.22. The smallest absolute Gasteiger partial charge is 0.238 e. The summed E-state index contributed by atoms with van der Waals surface area (Å²) in [5, 5.41) is 0.459. The average Bonchev–Trinajstić information content (AvgIpc) is 3.07. The number of fused-ring (bicyclic) bond motifs is 3. The van der Waals surface area contributed by atoms with Crippen LogP contribution in [0.5, 0.6) is 0 Å². The quantitative estimate of drug-likeness (QED) is 0.590. The molecule has 1 spiro atoms. The van der Waals surface area contributed by atoms with Crippen molar-refractivity contribution < 1.29 is 9.59 Å². The minimum atomic E-state index is -0.161. The number of rotatable bonds is 1. The Kier molecular flexibility index (Phi) is 2.05. The largest absolute Gasteiger partial charge is 0.274 e. The highest BCUT2D eigenvalue weighted by Crippen LogP contribution is 2.73. The Morgan fingerprint density at radius 2 is 1.57 bits per heavy atom. The zero-order chi connectivity index (χ0) is 14.4. The molecule has 1 heterocycles. The fraction of sp³-hybridized carbons (Fsp3) is 0.412. The molecule has 1 aromatic rings. The number of amides is 2. The molecule has 2 amide bonds. The number of anilines is 1. The molecule has 4 aliphatic rings. The van der Waals surface area contributed by atoms with Crippen LogP contribution in [0.25, 0.3) is 0 Å². The van der Waals surface area contributed by atoms with Crippen molar-refractivity contribution >= 4 is 29.1 Å². The number of hydrogen-bond acceptors (Lipinski definition) is 2. The molecule has 1 aromatic carbocycles. The van der Waals surface area contributed by atoms with Gasteiger partial charge in [0.05, 0.1) is 22.5 Å². The molecule has 21 heavy (non-hydrogen) atoms. The van der Waals surface area contributed by atoms with E-state index in [9.17, 15) is 9.59 Å². The number of hydrogen-bond donors (Lipinski definition) is 0. The number of carbonyl (C=O) groups excluding carboxylic acids is 2. The van der Waals surface area contributed by atoms with Crippen LogP contribution < -0.4 is 4.90 Å². The summed E-state index contributed by atoms with van der Waals surface area (Å²) >= 11 is 6.19. The topological polar surface area (TPSA) is 37.4 Å². The monoisotopic (exact) mass is 299 g/mol. The molecule has 3 fully saturated rings. The fourth-order valence-corrected chi connectivity index (χ4v) is 5.17. The van der Waals surface area contributed by atoms with Gasteiger partial charge < -0.3 is 0 Å². The van der Waals surface area contributed by atoms with E-state index in [0.29, 0.717) is 10.7 Å². The Bertz CT molecular complexity index is 687. The maximum atomic E-state index is 12.9. The van der Waals surface area contributed by atoms with Crippen LogP contribution >= 0.6 is 11.6 Å². The zero-order valence-corrected chi connectivity index (χ0v) is 12.1. The first-order valence-corrected chi connectivity index (χ1v) is 7.84. The van der Waals surface area contributed by atoms with Crippen molar-refractivity contribution in [2.75, 3.05) is 4.90 Å². The van der Waals surface area contributed by atoms with Crippen LogP contribution in [0.2, 0.25) is 5.02 Å². The standard InChI is InChI=1S/C17H14ClNO2/c18-11-3-1-2-4-12(11)19-15(20)13-9-5-6-10(14(13)16(19)21)17(9)7-8-17/h1-6,9-10,13-14H,7-8H2/t9-,10-,13+,14+/m1/s1. The normalized spacial score (nSPS) is 37.7. The summed E-state index contributed by atoms with van der Waals surface area (Å²) in [6, 6.07) is 7.09. The molecule has 106 valence electrons. The van der Waals surface area contributed by atoms with Gasteiger partial charge in [0.2, 0.25) is 11.8 Å². The molecule has 4 atom stereocenters. The van der Waals surface area contributed by atoms with E-state index in [-0.39, 0.29) is 40.9 Å². The number of benzene rings is 1. The van der Waals surface area contributed by atoms with E-state index >= 15 is 0 Å². The predicted octanol–water partition coefficient (Wildman–Crippen LogP) is 3.04. The summed E-state index contributed by atoms with van der Waals surface area (Å²) in [6.07, 6.45) is 6.68. The van der Waals surface area contributed by atoms with Crippen molar-refractivity contribution in [2.45, 2.75) is 12.8 Å². The lowest BCUT2D eigenvalue weighted by Crippen LogP contribution is -2.34. The number of carbonyl (C=O) groups is 2. The van der Waals surface area contributed by atoms with Crippen molar-refractivity contribution in [1.82, 2.24) is 0 Å². The molecule has 2 bridgehead atoms. The molecule has 4 heteroatoms. The zero-order valence-electron chi connectivity index (χ0n) is 11.3. The summed E-state index contributed by atoms with van der Waals surface area (Å²) in [5.41, 5.74) is 0.778. The fourth-order valence-electron chi connectivity index (χ4n) is 4.95. The Morgan fingerprint density at radius 3 is 2.10 bits per heavy atom. The number of allylic oxidation sites excluding steroid dienone is 2. The molecular weight excluding hydrogens is 286 g/mol. The Morgan fingerprint density at radius 1 is 1.00 bits per heavy atom. The second-order valence-corrected chi connectivity index (χ2v) is 7.09. The third-order valence-corrected chi connectivity index (χ3v) is 6.27. The summed E-state index contributed by atoms with van der Waals surface area (Å²) in [6.45, 7) is 0. The van der Waals surface area contributed by atoms with Crippen LogP contribution in [0.15, 0.2) is 36.4 Å². The van der Waals surface area contributed by atoms with Gasteiger partial charge in [-0.05, 0) is 42.2 Å². The van der Waals surface area contributed by atoms with Gasteiger partial charge in [-0.15, -0.1) is 0 Å². The molecule has 5 rings (SSSR count). The number of halogens is 1. The van der Waals surface area contributed by atoms with Gasteiger partial charge in [-0.2, -0.15) is 0 Å². The first-order valence-electron chi connectivity index (χ1n) is 7.46. The van der Waals surface area contributed by atoms with Gasteiger partial charge in [-0.3, -0.25) is 9.59 Å². The van der Waals surface area contributed by atoms with E-state index < -0.39 is 0 Å². The van der Waals surface area contributed by atoms with Gasteiger partial charge in [-0.25, -0.2) is 4.90 Å². The number of nitrogens with zero attached hydrogens (tertiary/aromatic N) is 1. The van der Waals surface area contributed by atoms with E-state index in [0.717, 1.165) is 12.8 Å². The highest BCUT2D eigenvalue weighted by molar-refractivity contribution is 6.36. The van der Waals surface area contributed by atoms with Crippen LogP contribution in [0.3, 0.4) is 0 Å². The summed E-state index contributed by atoms with van der Waals surface area (Å²) < 4.78 is 0. The molecule has 3 nitrogen and oxygen atoms in total. The third kappa shape index (κ3) is 1.23. The van der Waals surface area contributed by atoms with Gasteiger partial charge >= 0.3 is 0 Å². The molecule has 2 saturated carbocycles. The van der Waals surface area contributed by atoms with E-state index in [1.54, 1.807) is 12.1 Å². The molecule has 1 aliphatic heterocycles. The van der Waals surface area contributed by atoms with Crippen LogP contribution in [0.1, 0.15) is 12.8 Å². The van der Waals surface area contributed by atoms with E-state index in [2.05, 4.69) is 12.2 Å². The average molecular weight is 300 g/mol. The lowest BCUT2D eigenvalue weighted by atomic mass is 9.85. The molecule has 1 saturated heterocycles. The molecule has 0 radical (unpaired) electrons. The third-order valence-electron chi connectivity index (χ3n) is 5.95. The van der Waals surface area contributed by atoms with Crippen molar-refractivity contribution in [3.8, 4) is 0 Å². The molecular formula is C17H14ClNO2. The number of imide groups is 1. The van der Waals surface area contributed by atoms with E-state index in [1.807, 2.05) is 12.1 Å². The van der Waals surface area contributed by atoms with Crippen LogP contribution in [0, 0.1) is 29.1 Å². The van der Waals surface area contributed by atoms with Crippen LogP contribution in [0.4, 0.5) is 5.69 Å². The summed E-state index contributed by atoms with van der Waals surface area (Å²) in [4.78, 5) is 27.1. The van der Waals surface area contributed by atoms with Gasteiger partial charge in [0, 0.05) is 0 Å². The Hall–Kier alpha value is -1.61. The molecule has 3 aliphatic carbocycles. The van der Waals surface area contributed by atoms with Crippen LogP contribution in [-0.4, -0.2) is 11.8 Å². The lowest BCUT2D eigenvalue weighted by molar-refractivity contribution is -0.123. The molecule has 0 aromatic heterocycles. The minimum Gasteiger partial charge on any atom is -0.274 e. The maximum absolute atomic E-state index is 12.9. The first-order chi connectivity index (χ1) is 10.1.